The van der Waals surface area contributed by atoms with E-state index in [0.29, 0.717) is 14.8 Å². The molecule has 6 amide bonds. The quantitative estimate of drug-likeness (QED) is 0.0686. The fourth-order valence-corrected chi connectivity index (χ4v) is 8.42. The van der Waals surface area contributed by atoms with Crippen LogP contribution in [0.2, 0.25) is 5.02 Å². The highest BCUT2D eigenvalue weighted by atomic mass is 35.5. The molecule has 2 fully saturated rings. The Balaban J connectivity index is 1.37. The first-order chi connectivity index (χ1) is 23.8. The van der Waals surface area contributed by atoms with Gasteiger partial charge in [0.15, 0.2) is 4.34 Å². The first kappa shape index (κ1) is 36.7. The summed E-state index contributed by atoms with van der Waals surface area (Å²) in [5.41, 5.74) is 1.88. The number of nitrogens with one attached hydrogen (secondary N) is 2. The van der Waals surface area contributed by atoms with Gasteiger partial charge >= 0.3 is 29.8 Å². The number of piperazine rings is 1. The third-order valence-corrected chi connectivity index (χ3v) is 11.2. The number of likely N-dealkylation sites (N-methyl/N-ethyl adjacent to an activating group) is 1. The smallest absolute Gasteiger partial charge is 0.352 e. The Morgan fingerprint density at radius 2 is 1.92 bits per heavy atom. The lowest BCUT2D eigenvalue weighted by atomic mass is 10.0. The molecular weight excluding hydrogens is 738 g/mol. The predicted octanol–water partition coefficient (Wildman–Crippen LogP) is 1.05. The number of carboxylic acid groups (broad SMARTS) is 1. The van der Waals surface area contributed by atoms with Crippen molar-refractivity contribution in [2.75, 3.05) is 31.1 Å². The summed E-state index contributed by atoms with van der Waals surface area (Å²) in [7, 11) is 0. The van der Waals surface area contributed by atoms with E-state index in [2.05, 4.69) is 20.8 Å². The second-order valence-electron chi connectivity index (χ2n) is 10.9. The minimum absolute atomic E-state index is 0.0419. The van der Waals surface area contributed by atoms with E-state index in [-0.39, 0.29) is 53.2 Å². The summed E-state index contributed by atoms with van der Waals surface area (Å²) in [6, 6.07) is -0.117. The summed E-state index contributed by atoms with van der Waals surface area (Å²) < 4.78 is 5.76. The van der Waals surface area contributed by atoms with Crippen LogP contribution in [-0.2, 0) is 33.6 Å². The number of β-lactam (4-membered cyclic amide) rings is 1. The SMILES string of the molecule is CCN1CCN(C(=O)N[C@@H](C(=O)NC2C(=O)N3C(C(=O)O)=C(CSc4nncs4)CS[C@H]23)c2ccc(OC(=O)CC(C)=O)c(Cl)c2)C(=O)C1=O. The molecule has 5 rings (SSSR count). The van der Waals surface area contributed by atoms with Crippen molar-refractivity contribution in [3.05, 3.63) is 45.6 Å². The van der Waals surface area contributed by atoms with Crippen molar-refractivity contribution < 1.29 is 48.2 Å². The van der Waals surface area contributed by atoms with E-state index in [9.17, 15) is 43.5 Å². The number of urea groups is 1. The van der Waals surface area contributed by atoms with Crippen molar-refractivity contribution >= 4 is 93.8 Å². The molecule has 0 saturated carbocycles. The van der Waals surface area contributed by atoms with Crippen LogP contribution >= 0.6 is 46.5 Å². The number of nitrogens with zero attached hydrogens (tertiary/aromatic N) is 5. The fourth-order valence-electron chi connectivity index (χ4n) is 5.22. The summed E-state index contributed by atoms with van der Waals surface area (Å²) in [4.78, 5) is 104. The topological polar surface area (TPSA) is 226 Å². The number of carboxylic acids is 1. The van der Waals surface area contributed by atoms with Crippen LogP contribution in [0.3, 0.4) is 0 Å². The van der Waals surface area contributed by atoms with Gasteiger partial charge in [0.1, 0.15) is 46.6 Å². The molecule has 0 spiro atoms. The molecule has 3 aliphatic heterocycles. The number of imide groups is 1. The van der Waals surface area contributed by atoms with E-state index < -0.39 is 71.3 Å². The van der Waals surface area contributed by atoms with E-state index in [1.807, 2.05) is 0 Å². The van der Waals surface area contributed by atoms with Crippen LogP contribution in [0.4, 0.5) is 4.79 Å². The fraction of sp³-hybridized carbons (Fsp3) is 0.379. The minimum Gasteiger partial charge on any atom is -0.477 e. The second kappa shape index (κ2) is 15.6. The molecule has 0 radical (unpaired) electrons. The number of carbonyl (C=O) groups excluding carboxylic acids is 7. The summed E-state index contributed by atoms with van der Waals surface area (Å²) in [5, 5.41) is 21.7. The maximum absolute atomic E-state index is 13.8. The molecule has 21 heteroatoms. The van der Waals surface area contributed by atoms with Gasteiger partial charge in [-0.15, -0.1) is 22.0 Å². The number of aromatic nitrogens is 2. The van der Waals surface area contributed by atoms with E-state index in [0.717, 1.165) is 4.90 Å². The third-order valence-electron chi connectivity index (χ3n) is 7.63. The van der Waals surface area contributed by atoms with Crippen molar-refractivity contribution in [1.29, 1.82) is 0 Å². The van der Waals surface area contributed by atoms with Gasteiger partial charge in [0, 0.05) is 31.1 Å². The average molecular weight is 766 g/mol. The molecule has 2 aromatic rings. The van der Waals surface area contributed by atoms with Crippen LogP contribution in [-0.4, -0.2) is 120 Å². The number of Topliss-reactive ketones (excluding diaryl/α,β-unsaturated/α-hetero) is 1. The first-order valence-electron chi connectivity index (χ1n) is 14.8. The lowest BCUT2D eigenvalue weighted by molar-refractivity contribution is -0.153. The van der Waals surface area contributed by atoms with Crippen LogP contribution in [0.5, 0.6) is 5.75 Å². The number of carbonyl (C=O) groups is 8. The van der Waals surface area contributed by atoms with Gasteiger partial charge in [0.05, 0.1) is 5.02 Å². The third kappa shape index (κ3) is 7.77. The largest absolute Gasteiger partial charge is 0.477 e. The molecule has 0 aliphatic carbocycles. The van der Waals surface area contributed by atoms with Gasteiger partial charge < -0.3 is 25.4 Å². The highest BCUT2D eigenvalue weighted by Crippen LogP contribution is 2.42. The number of hydrogen-bond donors (Lipinski definition) is 3. The Kier molecular flexibility index (Phi) is 11.4. The molecule has 3 aliphatic rings. The van der Waals surface area contributed by atoms with Crippen molar-refractivity contribution in [3.8, 4) is 5.75 Å². The number of thioether (sulfide) groups is 2. The lowest BCUT2D eigenvalue weighted by Crippen LogP contribution is -2.71. The first-order valence-corrected chi connectivity index (χ1v) is 18.1. The number of ketones is 1. The molecular formula is C29H28ClN7O10S3. The summed E-state index contributed by atoms with van der Waals surface area (Å²) in [5.74, 6) is -5.88. The van der Waals surface area contributed by atoms with E-state index >= 15 is 0 Å². The van der Waals surface area contributed by atoms with Gasteiger partial charge in [0.2, 0.25) is 5.91 Å². The Hall–Kier alpha value is -4.53. The number of hydrogen-bond acceptors (Lipinski definition) is 14. The molecule has 1 aromatic heterocycles. The van der Waals surface area contributed by atoms with Gasteiger partial charge in [-0.2, -0.15) is 0 Å². The summed E-state index contributed by atoms with van der Waals surface area (Å²) in [6.07, 6.45) is -0.509. The zero-order valence-corrected chi connectivity index (χ0v) is 29.4. The van der Waals surface area contributed by atoms with Gasteiger partial charge in [-0.05, 0) is 37.1 Å². The molecule has 17 nitrogen and oxygen atoms in total. The van der Waals surface area contributed by atoms with E-state index in [1.165, 1.54) is 64.9 Å². The zero-order chi connectivity index (χ0) is 36.3. The predicted molar refractivity (Wildman–Crippen MR) is 178 cm³/mol. The van der Waals surface area contributed by atoms with Crippen LogP contribution < -0.4 is 15.4 Å². The Morgan fingerprint density at radius 1 is 1.16 bits per heavy atom. The van der Waals surface area contributed by atoms with E-state index in [4.69, 9.17) is 16.3 Å². The Labute approximate surface area is 301 Å². The maximum atomic E-state index is 13.8. The Morgan fingerprint density at radius 3 is 2.56 bits per heavy atom. The number of rotatable bonds is 12. The van der Waals surface area contributed by atoms with Crippen LogP contribution in [0.1, 0.15) is 31.9 Å². The molecule has 3 atom stereocenters. The van der Waals surface area contributed by atoms with Crippen molar-refractivity contribution in [2.45, 2.75) is 42.1 Å². The normalized spacial score (nSPS) is 19.4. The monoisotopic (exact) mass is 765 g/mol. The van der Waals surface area contributed by atoms with Gasteiger partial charge in [-0.3, -0.25) is 38.6 Å². The average Bonchev–Trinajstić information content (AvgIpc) is 3.60. The maximum Gasteiger partial charge on any atom is 0.352 e. The number of amides is 6. The molecule has 2 saturated heterocycles. The molecule has 0 bridgehead atoms. The number of halogens is 1. The lowest BCUT2D eigenvalue weighted by Gasteiger charge is -2.49. The number of fused-ring (bicyclic) bond motifs is 1. The van der Waals surface area contributed by atoms with Crippen molar-refractivity contribution in [2.24, 2.45) is 0 Å². The number of benzene rings is 1. The molecule has 50 heavy (non-hydrogen) atoms. The molecule has 1 unspecified atom stereocenters. The number of aliphatic carboxylic acids is 1. The summed E-state index contributed by atoms with van der Waals surface area (Å²) in [6.45, 7) is 3.05. The number of esters is 1. The van der Waals surface area contributed by atoms with Crippen LogP contribution in [0.15, 0.2) is 39.3 Å². The molecule has 1 aromatic carbocycles. The Bertz CT molecular complexity index is 1810. The standard InChI is InChI=1S/C29H28ClN7O10S3/c1-3-35-6-7-36(25(43)24(35)42)28(46)33-19(14-4-5-17(16(30)9-14)47-18(39)8-13(2)38)22(40)32-20-23(41)37-21(27(44)45)15(10-48-26(20)37)11-49-29-34-31-12-50-29/h4-5,9,12,19-20,26H,3,6-8,10-11H2,1-2H3,(H,32,40)(H,33,46)(H,44,45)/t19-,20?,26-/m1/s1. The summed E-state index contributed by atoms with van der Waals surface area (Å²) >= 11 is 10.2. The minimum atomic E-state index is -1.60. The van der Waals surface area contributed by atoms with Crippen molar-refractivity contribution in [3.63, 3.8) is 0 Å². The number of ether oxygens (including phenoxy) is 1. The highest BCUT2D eigenvalue weighted by Gasteiger charge is 2.54. The zero-order valence-electron chi connectivity index (χ0n) is 26.2. The molecule has 3 N–H and O–H groups in total. The second-order valence-corrected chi connectivity index (χ2v) is 14.5. The van der Waals surface area contributed by atoms with Crippen molar-refractivity contribution in [1.82, 2.24) is 35.5 Å². The van der Waals surface area contributed by atoms with Crippen LogP contribution in [0, 0.1) is 0 Å². The molecule has 4 heterocycles. The van der Waals surface area contributed by atoms with Gasteiger partial charge in [0.25, 0.3) is 5.91 Å². The highest BCUT2D eigenvalue weighted by molar-refractivity contribution is 8.01. The van der Waals surface area contributed by atoms with E-state index in [1.54, 1.807) is 12.4 Å². The van der Waals surface area contributed by atoms with Crippen LogP contribution in [0.25, 0.3) is 0 Å². The molecule has 264 valence electrons. The van der Waals surface area contributed by atoms with Gasteiger partial charge in [-0.25, -0.2) is 9.59 Å². The van der Waals surface area contributed by atoms with Gasteiger partial charge in [-0.1, -0.05) is 40.8 Å².